The van der Waals surface area contributed by atoms with Crippen molar-refractivity contribution in [3.05, 3.63) is 35.9 Å². The number of carbonyl (C=O) groups is 15. The highest BCUT2D eigenvalue weighted by Gasteiger charge is 2.38. The van der Waals surface area contributed by atoms with Gasteiger partial charge in [0.1, 0.15) is 76.3 Å². The summed E-state index contributed by atoms with van der Waals surface area (Å²) in [5.74, 6) is -10.4. The van der Waals surface area contributed by atoms with Crippen molar-refractivity contribution in [2.75, 3.05) is 52.4 Å². The number of aliphatic hydroxyl groups is 3. The number of aliphatic hydroxyl groups excluding tert-OH is 3. The second-order valence-corrected chi connectivity index (χ2v) is 33.0. The molecular weight excluding hydrogens is 1490 g/mol. The van der Waals surface area contributed by atoms with E-state index in [1.165, 1.54) is 0 Å². The largest absolute Gasteiger partial charge is 0.444 e. The van der Waals surface area contributed by atoms with Crippen LogP contribution in [0.3, 0.4) is 0 Å². The Balaban J connectivity index is 3.07. The van der Waals surface area contributed by atoms with Crippen molar-refractivity contribution in [3.63, 3.8) is 0 Å². The van der Waals surface area contributed by atoms with E-state index in [0.717, 1.165) is 13.8 Å². The van der Waals surface area contributed by atoms with Gasteiger partial charge < -0.3 is 124 Å². The lowest BCUT2D eigenvalue weighted by Gasteiger charge is -2.29. The molecule has 114 heavy (non-hydrogen) atoms. The predicted octanol–water partition coefficient (Wildman–Crippen LogP) is -0.166. The molecule has 15 amide bonds. The maximum atomic E-state index is 15.2. The quantitative estimate of drug-likeness (QED) is 0.0445. The summed E-state index contributed by atoms with van der Waals surface area (Å²) >= 11 is 0. The lowest BCUT2D eigenvalue weighted by molar-refractivity contribution is -0.136. The maximum Gasteiger partial charge on any atom is 0.407 e. The molecule has 1 fully saturated rings. The molecular formula is C75H128N16O23. The summed E-state index contributed by atoms with van der Waals surface area (Å²) in [7, 11) is 0. The molecule has 0 saturated carbocycles. The molecule has 1 aliphatic heterocycles. The lowest BCUT2D eigenvalue weighted by atomic mass is 10.00. The van der Waals surface area contributed by atoms with Crippen LogP contribution in [0.25, 0.3) is 0 Å². The molecule has 2 rings (SSSR count). The molecule has 12 atom stereocenters. The molecule has 0 spiro atoms. The van der Waals surface area contributed by atoms with Gasteiger partial charge in [0, 0.05) is 64.7 Å². The van der Waals surface area contributed by atoms with E-state index in [2.05, 4.69) is 85.1 Å². The summed E-state index contributed by atoms with van der Waals surface area (Å²) in [5, 5.41) is 73.5. The van der Waals surface area contributed by atoms with Gasteiger partial charge in [-0.05, 0) is 174 Å². The zero-order valence-corrected chi connectivity index (χ0v) is 69.4. The van der Waals surface area contributed by atoms with E-state index in [4.69, 9.17) is 23.7 Å². The normalized spacial score (nSPS) is 20.1. The van der Waals surface area contributed by atoms with E-state index in [0.29, 0.717) is 5.56 Å². The van der Waals surface area contributed by atoms with Crippen LogP contribution >= 0.6 is 0 Å². The molecule has 0 bridgehead atoms. The summed E-state index contributed by atoms with van der Waals surface area (Å²) < 4.78 is 26.9. The third-order valence-corrected chi connectivity index (χ3v) is 15.8. The minimum Gasteiger partial charge on any atom is -0.444 e. The third-order valence-electron chi connectivity index (χ3n) is 15.8. The fraction of sp³-hybridized carbons (Fsp3) is 0.720. The van der Waals surface area contributed by atoms with Gasteiger partial charge in [-0.25, -0.2) is 24.0 Å². The van der Waals surface area contributed by atoms with Crippen LogP contribution in [0, 0.1) is 5.92 Å². The van der Waals surface area contributed by atoms with E-state index in [-0.39, 0.29) is 70.6 Å². The Morgan fingerprint density at radius 3 is 1.27 bits per heavy atom. The highest BCUT2D eigenvalue weighted by Crippen LogP contribution is 2.16. The van der Waals surface area contributed by atoms with Crippen molar-refractivity contribution in [1.82, 2.24) is 85.1 Å². The fourth-order valence-corrected chi connectivity index (χ4v) is 10.7. The monoisotopic (exact) mass is 1620 g/mol. The van der Waals surface area contributed by atoms with E-state index in [1.54, 1.807) is 148 Å². The van der Waals surface area contributed by atoms with Crippen molar-refractivity contribution in [2.45, 2.75) is 290 Å². The number of hydrogen-bond acceptors (Lipinski definition) is 24. The number of ether oxygens (including phenoxy) is 5. The molecule has 646 valence electrons. The van der Waals surface area contributed by atoms with Crippen LogP contribution in [-0.4, -0.2) is 258 Å². The first kappa shape index (κ1) is 100. The lowest BCUT2D eigenvalue weighted by Crippen LogP contribution is -2.61. The van der Waals surface area contributed by atoms with Crippen molar-refractivity contribution in [2.24, 2.45) is 5.92 Å². The van der Waals surface area contributed by atoms with Gasteiger partial charge in [-0.1, -0.05) is 44.2 Å². The maximum absolute atomic E-state index is 15.2. The van der Waals surface area contributed by atoms with Crippen molar-refractivity contribution >= 4 is 89.5 Å². The number of benzene rings is 1. The molecule has 39 heteroatoms. The Kier molecular flexibility index (Phi) is 41.9. The standard InChI is InChI=1S/C75H128N16O23/c1-42(2)39-52-62(101)86-50(29-36-80-69(108)113-74(14,15)16)59(98)85-51(30-37-81-70(109)114-75(17,18)19)61(100)90-55(43(3)93)64(103)76-32-25-46(41-82-47(26-33-77-66(105)110-71(5,6)7)57(96)89-53(63(102)88-52)40-45-23-21-20-22-24-45)83-58(97)49(28-35-79-68(107)112-73(11,12)13)87-65(104)56(44(4)94)91-60(99)48(84-54(95)31-38-92)27-34-78-67(106)111-72(8,9)10/h20-24,42-44,46-53,55-56,82,92-94H,25-41H2,1-19H3,(H,76,103)(H,77,105)(H,78,106)(H,79,107)(H,80,108)(H,81,109)(H,83,97)(H,84,95)(H,85,98)(H,86,101)(H,87,104)(H,88,102)(H,89,96)(H,90,100)(H,91,99)/t43?,44?,46-,47-,48-,49-,50-,51-,52-,53+,55-,56-/m0/s1. The van der Waals surface area contributed by atoms with Crippen LogP contribution in [0.1, 0.15) is 188 Å². The highest BCUT2D eigenvalue weighted by atomic mass is 16.6. The Hall–Kier alpha value is -9.89. The summed E-state index contributed by atoms with van der Waals surface area (Å²) in [6, 6.07) is -7.66. The zero-order valence-electron chi connectivity index (χ0n) is 69.4. The van der Waals surface area contributed by atoms with Gasteiger partial charge in [-0.2, -0.15) is 0 Å². The van der Waals surface area contributed by atoms with Crippen LogP contribution in [0.2, 0.25) is 0 Å². The van der Waals surface area contributed by atoms with Gasteiger partial charge in [0.25, 0.3) is 0 Å². The molecule has 0 aliphatic carbocycles. The highest BCUT2D eigenvalue weighted by molar-refractivity contribution is 5.98. The van der Waals surface area contributed by atoms with Crippen LogP contribution in [0.15, 0.2) is 30.3 Å². The SMILES string of the molecule is CC(C)C[C@@H]1NC(=O)[C@@H](Cc2ccccc2)NC(=O)[C@H](CCNC(=O)OC(C)(C)C)NC[C@@H](NC(=O)[C@H](CCNC(=O)OC(C)(C)C)NC(=O)[C@@H](NC(=O)[C@H](CCNC(=O)OC(C)(C)C)NC(=O)CCO)C(C)O)CCNC(=O)[C@H](C(C)O)NC(=O)[C@H](CCNC(=O)OC(C)(C)C)NC(=O)[C@H](CCNC(=O)OC(C)(C)C)NC1=O. The van der Waals surface area contributed by atoms with Crippen LogP contribution < -0.4 is 85.1 Å². The second kappa shape index (κ2) is 47.7. The van der Waals surface area contributed by atoms with Crippen molar-refractivity contribution in [1.29, 1.82) is 0 Å². The Morgan fingerprint density at radius 1 is 0.465 bits per heavy atom. The smallest absolute Gasteiger partial charge is 0.407 e. The molecule has 2 unspecified atom stereocenters. The molecule has 0 radical (unpaired) electrons. The molecule has 1 heterocycles. The Labute approximate surface area is 667 Å². The number of rotatable bonds is 30. The molecule has 1 aliphatic rings. The predicted molar refractivity (Wildman–Crippen MR) is 416 cm³/mol. The number of nitrogens with one attached hydrogen (secondary N) is 16. The average molecular weight is 1620 g/mol. The van der Waals surface area contributed by atoms with Crippen molar-refractivity contribution in [3.8, 4) is 0 Å². The van der Waals surface area contributed by atoms with Gasteiger partial charge in [-0.3, -0.25) is 47.9 Å². The first-order valence-corrected chi connectivity index (χ1v) is 38.3. The number of amides is 15. The minimum atomic E-state index is -1.92. The number of alkyl carbamates (subject to hydrolysis) is 5. The second-order valence-electron chi connectivity index (χ2n) is 33.0. The zero-order chi connectivity index (χ0) is 86.6. The molecule has 1 saturated heterocycles. The Bertz CT molecular complexity index is 3350. The van der Waals surface area contributed by atoms with Gasteiger partial charge in [-0.15, -0.1) is 0 Å². The molecule has 19 N–H and O–H groups in total. The summed E-state index contributed by atoms with van der Waals surface area (Å²) in [6.07, 6.45) is -10.9. The summed E-state index contributed by atoms with van der Waals surface area (Å²) in [5.41, 5.74) is -4.31. The number of hydrogen-bond donors (Lipinski definition) is 19. The van der Waals surface area contributed by atoms with Gasteiger partial charge in [0.15, 0.2) is 0 Å². The van der Waals surface area contributed by atoms with E-state index in [9.17, 15) is 72.9 Å². The van der Waals surface area contributed by atoms with Crippen LogP contribution in [0.4, 0.5) is 24.0 Å². The first-order valence-electron chi connectivity index (χ1n) is 38.3. The van der Waals surface area contributed by atoms with Crippen molar-refractivity contribution < 1.29 is 111 Å². The Morgan fingerprint density at radius 2 is 0.851 bits per heavy atom. The summed E-state index contributed by atoms with van der Waals surface area (Å²) in [4.78, 5) is 210. The van der Waals surface area contributed by atoms with Crippen LogP contribution in [0.5, 0.6) is 0 Å². The van der Waals surface area contributed by atoms with E-state index < -0.39 is 236 Å². The van der Waals surface area contributed by atoms with Crippen LogP contribution in [-0.2, 0) is 78.1 Å². The molecule has 1 aromatic carbocycles. The van der Waals surface area contributed by atoms with Gasteiger partial charge in [0.05, 0.1) is 24.9 Å². The molecule has 39 nitrogen and oxygen atoms in total. The first-order chi connectivity index (χ1) is 52.7. The fourth-order valence-electron chi connectivity index (χ4n) is 10.7. The summed E-state index contributed by atoms with van der Waals surface area (Å²) in [6.45, 7) is 26.7. The topological polar surface area (TPSA) is 555 Å². The molecule has 0 aromatic heterocycles. The minimum absolute atomic E-state index is 0.0829. The number of carbonyl (C=O) groups excluding carboxylic acids is 15. The van der Waals surface area contributed by atoms with Gasteiger partial charge in [0.2, 0.25) is 59.1 Å². The average Bonchev–Trinajstić information content (AvgIpc) is 0.988. The molecule has 1 aromatic rings. The van der Waals surface area contributed by atoms with E-state index in [1.807, 2.05) is 0 Å². The van der Waals surface area contributed by atoms with E-state index >= 15 is 14.4 Å². The third kappa shape index (κ3) is 43.4. The van der Waals surface area contributed by atoms with Gasteiger partial charge >= 0.3 is 30.5 Å².